The summed E-state index contributed by atoms with van der Waals surface area (Å²) in [5.41, 5.74) is 1.02. The van der Waals surface area contributed by atoms with E-state index in [0.29, 0.717) is 6.42 Å². The molecule has 0 saturated heterocycles. The maximum atomic E-state index is 11.3. The van der Waals surface area contributed by atoms with Crippen LogP contribution in [0.4, 0.5) is 0 Å². The highest BCUT2D eigenvalue weighted by molar-refractivity contribution is 6.33. The number of ether oxygens (including phenoxy) is 1. The van der Waals surface area contributed by atoms with Gasteiger partial charge < -0.3 is 4.74 Å². The van der Waals surface area contributed by atoms with Crippen LogP contribution in [-0.2, 0) is 16.0 Å². The minimum Gasteiger partial charge on any atom is -0.468 e. The average molecular weight is 213 g/mol. The fourth-order valence-corrected chi connectivity index (χ4v) is 1.50. The first-order valence-corrected chi connectivity index (χ1v) is 4.75. The van der Waals surface area contributed by atoms with Crippen molar-refractivity contribution in [2.24, 2.45) is 0 Å². The Kier molecular flexibility index (Phi) is 3.53. The summed E-state index contributed by atoms with van der Waals surface area (Å²) in [5, 5.41) is 0. The molecular weight excluding hydrogens is 200 g/mol. The molecule has 1 unspecified atom stereocenters. The van der Waals surface area contributed by atoms with E-state index in [1.54, 1.807) is 6.92 Å². The highest BCUT2D eigenvalue weighted by atomic mass is 35.5. The third kappa shape index (κ3) is 2.74. The minimum atomic E-state index is -0.976. The molecule has 0 heterocycles. The van der Waals surface area contributed by atoms with Gasteiger partial charge in [0, 0.05) is 6.42 Å². The van der Waals surface area contributed by atoms with E-state index >= 15 is 0 Å². The van der Waals surface area contributed by atoms with Crippen LogP contribution >= 0.6 is 11.6 Å². The Morgan fingerprint density at radius 1 is 1.43 bits per heavy atom. The molecule has 0 spiro atoms. The molecule has 1 atom stereocenters. The highest BCUT2D eigenvalue weighted by Crippen LogP contribution is 2.21. The number of methoxy groups -OCH3 is 1. The molecule has 1 aromatic rings. The Labute approximate surface area is 88.8 Å². The standard InChI is InChI=1S/C11H13ClO2/c1-11(12,10(13)14-2)8-9-6-4-3-5-7-9/h3-7H,8H2,1-2H3. The molecule has 0 fully saturated rings. The number of hydrogen-bond acceptors (Lipinski definition) is 2. The van der Waals surface area contributed by atoms with Gasteiger partial charge in [-0.05, 0) is 12.5 Å². The first-order chi connectivity index (χ1) is 6.56. The monoisotopic (exact) mass is 212 g/mol. The normalized spacial score (nSPS) is 14.5. The Morgan fingerprint density at radius 2 is 2.00 bits per heavy atom. The van der Waals surface area contributed by atoms with Gasteiger partial charge in [-0.1, -0.05) is 30.3 Å². The summed E-state index contributed by atoms with van der Waals surface area (Å²) in [5.74, 6) is -0.400. The third-order valence-corrected chi connectivity index (χ3v) is 2.28. The lowest BCUT2D eigenvalue weighted by atomic mass is 10.0. The zero-order chi connectivity index (χ0) is 10.6. The van der Waals surface area contributed by atoms with Gasteiger partial charge in [-0.25, -0.2) is 0 Å². The molecule has 14 heavy (non-hydrogen) atoms. The maximum absolute atomic E-state index is 11.3. The van der Waals surface area contributed by atoms with Crippen molar-refractivity contribution in [2.45, 2.75) is 18.2 Å². The van der Waals surface area contributed by atoms with Gasteiger partial charge in [0.25, 0.3) is 0 Å². The second-order valence-electron chi connectivity index (χ2n) is 3.35. The number of halogens is 1. The summed E-state index contributed by atoms with van der Waals surface area (Å²) in [6, 6.07) is 9.62. The Hall–Kier alpha value is -1.02. The molecule has 1 rings (SSSR count). The van der Waals surface area contributed by atoms with E-state index in [-0.39, 0.29) is 0 Å². The number of hydrogen-bond donors (Lipinski definition) is 0. The van der Waals surface area contributed by atoms with Crippen molar-refractivity contribution >= 4 is 17.6 Å². The Balaban J connectivity index is 2.73. The first kappa shape index (κ1) is 11.1. The maximum Gasteiger partial charge on any atom is 0.326 e. The second kappa shape index (κ2) is 4.47. The lowest BCUT2D eigenvalue weighted by Crippen LogP contribution is -2.32. The molecule has 0 aromatic heterocycles. The molecule has 1 aromatic carbocycles. The van der Waals surface area contributed by atoms with E-state index in [0.717, 1.165) is 5.56 Å². The molecule has 0 N–H and O–H groups in total. The van der Waals surface area contributed by atoms with Crippen LogP contribution in [0, 0.1) is 0 Å². The minimum absolute atomic E-state index is 0.400. The van der Waals surface area contributed by atoms with Gasteiger partial charge in [-0.2, -0.15) is 0 Å². The molecule has 2 nitrogen and oxygen atoms in total. The molecule has 0 aliphatic heterocycles. The van der Waals surface area contributed by atoms with Gasteiger partial charge in [-0.3, -0.25) is 4.79 Å². The SMILES string of the molecule is COC(=O)C(C)(Cl)Cc1ccccc1. The van der Waals surface area contributed by atoms with E-state index in [4.69, 9.17) is 11.6 Å². The summed E-state index contributed by atoms with van der Waals surface area (Å²) < 4.78 is 4.62. The topological polar surface area (TPSA) is 26.3 Å². The number of alkyl halides is 1. The third-order valence-electron chi connectivity index (χ3n) is 1.99. The molecule has 0 bridgehead atoms. The van der Waals surface area contributed by atoms with E-state index in [1.807, 2.05) is 30.3 Å². The largest absolute Gasteiger partial charge is 0.468 e. The Bertz CT molecular complexity index is 306. The lowest BCUT2D eigenvalue weighted by molar-refractivity contribution is -0.143. The highest BCUT2D eigenvalue weighted by Gasteiger charge is 2.31. The zero-order valence-corrected chi connectivity index (χ0v) is 9.04. The van der Waals surface area contributed by atoms with Crippen molar-refractivity contribution in [3.63, 3.8) is 0 Å². The van der Waals surface area contributed by atoms with Crippen molar-refractivity contribution < 1.29 is 9.53 Å². The summed E-state index contributed by atoms with van der Waals surface area (Å²) in [6.45, 7) is 1.66. The molecule has 0 saturated carbocycles. The van der Waals surface area contributed by atoms with E-state index in [9.17, 15) is 4.79 Å². The van der Waals surface area contributed by atoms with Crippen LogP contribution in [0.2, 0.25) is 0 Å². The molecule has 3 heteroatoms. The number of esters is 1. The molecule has 0 aliphatic carbocycles. The molecule has 0 amide bonds. The van der Waals surface area contributed by atoms with Crippen molar-refractivity contribution in [1.29, 1.82) is 0 Å². The van der Waals surface area contributed by atoms with Crippen LogP contribution in [0.5, 0.6) is 0 Å². The van der Waals surface area contributed by atoms with E-state index in [1.165, 1.54) is 7.11 Å². The quantitative estimate of drug-likeness (QED) is 0.568. The lowest BCUT2D eigenvalue weighted by Gasteiger charge is -2.18. The van der Waals surface area contributed by atoms with Crippen molar-refractivity contribution in [3.05, 3.63) is 35.9 Å². The van der Waals surface area contributed by atoms with Crippen LogP contribution in [0.3, 0.4) is 0 Å². The smallest absolute Gasteiger partial charge is 0.326 e. The predicted octanol–water partition coefficient (Wildman–Crippen LogP) is 2.40. The Morgan fingerprint density at radius 3 is 2.50 bits per heavy atom. The van der Waals surface area contributed by atoms with Gasteiger partial charge in [-0.15, -0.1) is 11.6 Å². The van der Waals surface area contributed by atoms with Gasteiger partial charge in [0.15, 0.2) is 0 Å². The second-order valence-corrected chi connectivity index (χ2v) is 4.19. The molecule has 0 radical (unpaired) electrons. The summed E-state index contributed by atoms with van der Waals surface area (Å²) in [6.07, 6.45) is 0.474. The zero-order valence-electron chi connectivity index (χ0n) is 8.29. The van der Waals surface area contributed by atoms with Crippen LogP contribution in [-0.4, -0.2) is 18.0 Å². The average Bonchev–Trinajstić information content (AvgIpc) is 2.17. The fourth-order valence-electron chi connectivity index (χ4n) is 1.26. The first-order valence-electron chi connectivity index (χ1n) is 4.37. The van der Waals surface area contributed by atoms with Gasteiger partial charge in [0.05, 0.1) is 7.11 Å². The summed E-state index contributed by atoms with van der Waals surface area (Å²) >= 11 is 6.05. The fraction of sp³-hybridized carbons (Fsp3) is 0.364. The predicted molar refractivity (Wildman–Crippen MR) is 56.4 cm³/mol. The van der Waals surface area contributed by atoms with Crippen LogP contribution < -0.4 is 0 Å². The summed E-state index contributed by atoms with van der Waals surface area (Å²) in [4.78, 5) is 10.3. The molecule has 0 aliphatic rings. The van der Waals surface area contributed by atoms with Crippen molar-refractivity contribution in [1.82, 2.24) is 0 Å². The van der Waals surface area contributed by atoms with Crippen LogP contribution in [0.25, 0.3) is 0 Å². The van der Waals surface area contributed by atoms with Crippen LogP contribution in [0.1, 0.15) is 12.5 Å². The number of rotatable bonds is 3. The van der Waals surface area contributed by atoms with Crippen LogP contribution in [0.15, 0.2) is 30.3 Å². The number of carbonyl (C=O) groups excluding carboxylic acids is 1. The van der Waals surface area contributed by atoms with E-state index < -0.39 is 10.8 Å². The van der Waals surface area contributed by atoms with Crippen molar-refractivity contribution in [3.8, 4) is 0 Å². The number of benzene rings is 1. The molecule has 76 valence electrons. The van der Waals surface area contributed by atoms with Gasteiger partial charge in [0.1, 0.15) is 4.87 Å². The van der Waals surface area contributed by atoms with Gasteiger partial charge >= 0.3 is 5.97 Å². The van der Waals surface area contributed by atoms with Gasteiger partial charge in [0.2, 0.25) is 0 Å². The van der Waals surface area contributed by atoms with Crippen molar-refractivity contribution in [2.75, 3.05) is 7.11 Å². The van der Waals surface area contributed by atoms with E-state index in [2.05, 4.69) is 4.74 Å². The number of carbonyl (C=O) groups is 1. The summed E-state index contributed by atoms with van der Waals surface area (Å²) in [7, 11) is 1.34. The molecular formula is C11H13ClO2.